The second-order valence-electron chi connectivity index (χ2n) is 6.06. The van der Waals surface area contributed by atoms with Gasteiger partial charge in [-0.1, -0.05) is 41.7 Å². The van der Waals surface area contributed by atoms with Crippen LogP contribution in [-0.4, -0.2) is 23.6 Å². The highest BCUT2D eigenvalue weighted by atomic mass is 32.1. The standard InChI is InChI=1S/C21H16N2O3S/c1-23-17-12-11-13-5-3-4-6-16(13)18(17)27-21(23)22-19(24)14-7-9-15(10-8-14)20(25)26-2/h3-12H,1-2H3. The van der Waals surface area contributed by atoms with Crippen molar-refractivity contribution >= 4 is 44.2 Å². The lowest BCUT2D eigenvalue weighted by Crippen LogP contribution is -2.13. The van der Waals surface area contributed by atoms with E-state index >= 15 is 0 Å². The number of benzene rings is 3. The summed E-state index contributed by atoms with van der Waals surface area (Å²) in [4.78, 5) is 29.0. The van der Waals surface area contributed by atoms with Gasteiger partial charge in [0.25, 0.3) is 5.91 Å². The Morgan fingerprint density at radius 2 is 1.67 bits per heavy atom. The van der Waals surface area contributed by atoms with Gasteiger partial charge in [-0.05, 0) is 35.7 Å². The minimum atomic E-state index is -0.436. The lowest BCUT2D eigenvalue weighted by molar-refractivity contribution is 0.0600. The normalized spacial score (nSPS) is 11.9. The third kappa shape index (κ3) is 3.04. The number of rotatable bonds is 2. The zero-order valence-electron chi connectivity index (χ0n) is 14.8. The average Bonchev–Trinajstić information content (AvgIpc) is 3.03. The number of hydrogen-bond acceptors (Lipinski definition) is 4. The van der Waals surface area contributed by atoms with Gasteiger partial charge in [-0.2, -0.15) is 4.99 Å². The fraction of sp³-hybridized carbons (Fsp3) is 0.0952. The van der Waals surface area contributed by atoms with Crippen molar-refractivity contribution < 1.29 is 14.3 Å². The zero-order valence-corrected chi connectivity index (χ0v) is 15.6. The molecule has 0 aliphatic carbocycles. The Labute approximate surface area is 159 Å². The highest BCUT2D eigenvalue weighted by Crippen LogP contribution is 2.27. The molecule has 1 amide bonds. The molecule has 27 heavy (non-hydrogen) atoms. The predicted octanol–water partition coefficient (Wildman–Crippen LogP) is 3.92. The molecule has 1 heterocycles. The van der Waals surface area contributed by atoms with E-state index in [2.05, 4.69) is 27.9 Å². The molecule has 0 aliphatic heterocycles. The molecular formula is C21H16N2O3S. The number of hydrogen-bond donors (Lipinski definition) is 0. The summed E-state index contributed by atoms with van der Waals surface area (Å²) < 4.78 is 7.69. The van der Waals surface area contributed by atoms with Crippen LogP contribution < -0.4 is 4.80 Å². The summed E-state index contributed by atoms with van der Waals surface area (Å²) >= 11 is 1.49. The number of amides is 1. The molecule has 0 bridgehead atoms. The molecule has 0 fully saturated rings. The molecule has 1 aromatic heterocycles. The van der Waals surface area contributed by atoms with Crippen LogP contribution in [0.5, 0.6) is 0 Å². The summed E-state index contributed by atoms with van der Waals surface area (Å²) in [6.07, 6.45) is 0. The summed E-state index contributed by atoms with van der Waals surface area (Å²) in [5.74, 6) is -0.786. The van der Waals surface area contributed by atoms with Gasteiger partial charge in [-0.25, -0.2) is 4.79 Å². The number of methoxy groups -OCH3 is 1. The first-order chi connectivity index (χ1) is 13.1. The van der Waals surface area contributed by atoms with Crippen LogP contribution in [0.15, 0.2) is 65.7 Å². The Hall–Kier alpha value is -3.25. The van der Waals surface area contributed by atoms with Crippen LogP contribution in [0, 0.1) is 0 Å². The van der Waals surface area contributed by atoms with Gasteiger partial charge in [0.1, 0.15) is 0 Å². The molecule has 4 aromatic rings. The van der Waals surface area contributed by atoms with Crippen molar-refractivity contribution in [1.29, 1.82) is 0 Å². The summed E-state index contributed by atoms with van der Waals surface area (Å²) in [6.45, 7) is 0. The SMILES string of the molecule is COC(=O)c1ccc(C(=O)N=c2sc3c4ccccc4ccc3n2C)cc1. The first-order valence-electron chi connectivity index (χ1n) is 8.33. The quantitative estimate of drug-likeness (QED) is 0.498. The van der Waals surface area contributed by atoms with Gasteiger partial charge in [0.05, 0.1) is 22.9 Å². The van der Waals surface area contributed by atoms with Crippen LogP contribution in [0.3, 0.4) is 0 Å². The molecule has 0 saturated heterocycles. The van der Waals surface area contributed by atoms with Gasteiger partial charge in [0.2, 0.25) is 0 Å². The minimum absolute atomic E-state index is 0.349. The smallest absolute Gasteiger partial charge is 0.337 e. The van der Waals surface area contributed by atoms with Crippen molar-refractivity contribution in [2.75, 3.05) is 7.11 Å². The van der Waals surface area contributed by atoms with E-state index in [-0.39, 0.29) is 5.91 Å². The first kappa shape index (κ1) is 17.2. The molecule has 0 spiro atoms. The topological polar surface area (TPSA) is 60.7 Å². The molecule has 134 valence electrons. The average molecular weight is 376 g/mol. The van der Waals surface area contributed by atoms with Crippen LogP contribution in [0.25, 0.3) is 21.0 Å². The fourth-order valence-electron chi connectivity index (χ4n) is 2.98. The van der Waals surface area contributed by atoms with E-state index in [4.69, 9.17) is 0 Å². The number of thiazole rings is 1. The molecule has 0 unspecified atom stereocenters. The van der Waals surface area contributed by atoms with Crippen molar-refractivity contribution in [3.8, 4) is 0 Å². The highest BCUT2D eigenvalue weighted by Gasteiger charge is 2.11. The van der Waals surface area contributed by atoms with E-state index in [9.17, 15) is 9.59 Å². The lowest BCUT2D eigenvalue weighted by Gasteiger charge is -2.00. The van der Waals surface area contributed by atoms with Crippen molar-refractivity contribution in [2.24, 2.45) is 12.0 Å². The van der Waals surface area contributed by atoms with Crippen molar-refractivity contribution in [1.82, 2.24) is 4.57 Å². The number of aryl methyl sites for hydroxylation is 1. The van der Waals surface area contributed by atoms with Gasteiger partial charge in [0.15, 0.2) is 4.80 Å². The Kier molecular flexibility index (Phi) is 4.33. The zero-order chi connectivity index (χ0) is 19.0. The highest BCUT2D eigenvalue weighted by molar-refractivity contribution is 7.17. The number of ether oxygens (including phenoxy) is 1. The Balaban J connectivity index is 1.78. The van der Waals surface area contributed by atoms with E-state index in [1.54, 1.807) is 24.3 Å². The van der Waals surface area contributed by atoms with E-state index in [0.29, 0.717) is 15.9 Å². The number of esters is 1. The van der Waals surface area contributed by atoms with Crippen molar-refractivity contribution in [3.63, 3.8) is 0 Å². The van der Waals surface area contributed by atoms with Gasteiger partial charge in [-0.15, -0.1) is 0 Å². The molecule has 3 aromatic carbocycles. The van der Waals surface area contributed by atoms with Crippen LogP contribution in [0.4, 0.5) is 0 Å². The number of nitrogens with zero attached hydrogens (tertiary/aromatic N) is 2. The summed E-state index contributed by atoms with van der Waals surface area (Å²) in [6, 6.07) is 18.6. The fourth-order valence-corrected chi connectivity index (χ4v) is 4.13. The Bertz CT molecular complexity index is 1250. The molecule has 0 N–H and O–H groups in total. The van der Waals surface area contributed by atoms with Crippen LogP contribution >= 0.6 is 11.3 Å². The third-order valence-corrected chi connectivity index (χ3v) is 5.63. The van der Waals surface area contributed by atoms with Crippen LogP contribution in [0.2, 0.25) is 0 Å². The van der Waals surface area contributed by atoms with Gasteiger partial charge in [-0.3, -0.25) is 4.79 Å². The monoisotopic (exact) mass is 376 g/mol. The lowest BCUT2D eigenvalue weighted by atomic mass is 10.1. The molecule has 0 aliphatic rings. The van der Waals surface area contributed by atoms with Gasteiger partial charge < -0.3 is 9.30 Å². The van der Waals surface area contributed by atoms with Crippen LogP contribution in [0.1, 0.15) is 20.7 Å². The summed E-state index contributed by atoms with van der Waals surface area (Å²) in [5.41, 5.74) is 1.85. The van der Waals surface area contributed by atoms with Crippen molar-refractivity contribution in [3.05, 3.63) is 76.6 Å². The molecule has 0 atom stereocenters. The van der Waals surface area contributed by atoms with E-state index in [0.717, 1.165) is 21.0 Å². The number of carbonyl (C=O) groups is 2. The number of fused-ring (bicyclic) bond motifs is 3. The number of aromatic nitrogens is 1. The molecule has 0 radical (unpaired) electrons. The van der Waals surface area contributed by atoms with Crippen LogP contribution in [-0.2, 0) is 11.8 Å². The van der Waals surface area contributed by atoms with E-state index in [1.807, 2.05) is 29.8 Å². The third-order valence-electron chi connectivity index (χ3n) is 4.45. The largest absolute Gasteiger partial charge is 0.465 e. The minimum Gasteiger partial charge on any atom is -0.465 e. The summed E-state index contributed by atoms with van der Waals surface area (Å²) in [5, 5.41) is 2.30. The second-order valence-corrected chi connectivity index (χ2v) is 7.04. The molecule has 4 rings (SSSR count). The predicted molar refractivity (Wildman–Crippen MR) is 106 cm³/mol. The van der Waals surface area contributed by atoms with E-state index < -0.39 is 5.97 Å². The molecule has 6 heteroatoms. The summed E-state index contributed by atoms with van der Waals surface area (Å²) in [7, 11) is 3.22. The van der Waals surface area contributed by atoms with E-state index in [1.165, 1.54) is 18.4 Å². The first-order valence-corrected chi connectivity index (χ1v) is 9.15. The van der Waals surface area contributed by atoms with Gasteiger partial charge in [0, 0.05) is 18.0 Å². The van der Waals surface area contributed by atoms with Crippen molar-refractivity contribution in [2.45, 2.75) is 0 Å². The maximum Gasteiger partial charge on any atom is 0.337 e. The maximum atomic E-state index is 12.6. The molecular weight excluding hydrogens is 360 g/mol. The Morgan fingerprint density at radius 3 is 2.41 bits per heavy atom. The second kappa shape index (κ2) is 6.81. The Morgan fingerprint density at radius 1 is 0.963 bits per heavy atom. The number of carbonyl (C=O) groups excluding carboxylic acids is 2. The molecule has 0 saturated carbocycles. The maximum absolute atomic E-state index is 12.6. The molecule has 5 nitrogen and oxygen atoms in total. The van der Waals surface area contributed by atoms with Gasteiger partial charge >= 0.3 is 5.97 Å².